The van der Waals surface area contributed by atoms with Gasteiger partial charge in [-0.1, -0.05) is 49.4 Å². The van der Waals surface area contributed by atoms with E-state index in [-0.39, 0.29) is 12.0 Å². The van der Waals surface area contributed by atoms with Crippen molar-refractivity contribution in [3.63, 3.8) is 0 Å². The number of carbonyl (C=O) groups is 4. The van der Waals surface area contributed by atoms with Crippen LogP contribution in [0.15, 0.2) is 60.7 Å². The van der Waals surface area contributed by atoms with E-state index in [1.54, 1.807) is 30.3 Å². The number of carbonyl (C=O) groups excluding carboxylic acids is 4. The highest BCUT2D eigenvalue weighted by Gasteiger charge is 2.39. The minimum atomic E-state index is -2.12. The fourth-order valence-electron chi connectivity index (χ4n) is 5.00. The Labute approximate surface area is 260 Å². The molecule has 5 N–H and O–H groups in total. The quantitative estimate of drug-likeness (QED) is 0.120. The van der Waals surface area contributed by atoms with Gasteiger partial charge in [-0.15, -0.1) is 0 Å². The first-order chi connectivity index (χ1) is 21.8. The topological polar surface area (TPSA) is 154 Å². The predicted octanol–water partition coefficient (Wildman–Crippen LogP) is 2.44. The van der Waals surface area contributed by atoms with Gasteiger partial charge in [0, 0.05) is 6.42 Å². The van der Waals surface area contributed by atoms with E-state index in [1.165, 1.54) is 38.1 Å². The predicted molar refractivity (Wildman–Crippen MR) is 154 cm³/mol. The first-order valence-corrected chi connectivity index (χ1v) is 14.2. The third-order valence-electron chi connectivity index (χ3n) is 7.66. The number of benzene rings is 3. The van der Waals surface area contributed by atoms with Crippen LogP contribution in [-0.2, 0) is 32.0 Å². The number of ether oxygens (including phenoxy) is 1. The van der Waals surface area contributed by atoms with Gasteiger partial charge in [0.15, 0.2) is 23.3 Å². The number of aliphatic hydroxyl groups is 1. The van der Waals surface area contributed by atoms with Crippen molar-refractivity contribution in [2.45, 2.75) is 57.0 Å². The van der Waals surface area contributed by atoms with Gasteiger partial charge in [-0.2, -0.15) is 0 Å². The van der Waals surface area contributed by atoms with Crippen LogP contribution in [0.25, 0.3) is 0 Å². The van der Waals surface area contributed by atoms with E-state index in [2.05, 4.69) is 16.0 Å². The van der Waals surface area contributed by atoms with Gasteiger partial charge in [-0.25, -0.2) is 22.4 Å². The van der Waals surface area contributed by atoms with Crippen LogP contribution in [0.2, 0.25) is 0 Å². The van der Waals surface area contributed by atoms with Crippen molar-refractivity contribution in [3.8, 4) is 5.75 Å². The minimum absolute atomic E-state index is 0.0647. The highest BCUT2D eigenvalue weighted by atomic mass is 19.2. The summed E-state index contributed by atoms with van der Waals surface area (Å²) in [6, 6.07) is 9.55. The van der Waals surface area contributed by atoms with E-state index in [0.29, 0.717) is 11.6 Å². The van der Waals surface area contributed by atoms with Crippen LogP contribution in [0.5, 0.6) is 5.75 Å². The van der Waals surface area contributed by atoms with Crippen molar-refractivity contribution in [2.24, 2.45) is 5.92 Å². The fraction of sp³-hybridized carbons (Fsp3) is 0.312. The van der Waals surface area contributed by atoms with Crippen molar-refractivity contribution < 1.29 is 51.7 Å². The van der Waals surface area contributed by atoms with Gasteiger partial charge in [0.2, 0.25) is 11.8 Å². The van der Waals surface area contributed by atoms with Gasteiger partial charge in [0.05, 0.1) is 23.6 Å². The maximum atomic E-state index is 14.7. The summed E-state index contributed by atoms with van der Waals surface area (Å²) in [5, 5.41) is 28.6. The molecule has 1 aliphatic heterocycles. The molecule has 0 spiro atoms. The minimum Gasteiger partial charge on any atom is -0.507 e. The molecular formula is C32H31F4N3O7. The molecule has 6 atom stereocenters. The molecular weight excluding hydrogens is 614 g/mol. The first-order valence-electron chi connectivity index (χ1n) is 14.2. The monoisotopic (exact) mass is 645 g/mol. The van der Waals surface area contributed by atoms with Gasteiger partial charge in [0.25, 0.3) is 5.91 Å². The van der Waals surface area contributed by atoms with E-state index in [9.17, 15) is 47.0 Å². The average Bonchev–Trinajstić information content (AvgIpc) is 3.03. The highest BCUT2D eigenvalue weighted by molar-refractivity contribution is 6.00. The lowest BCUT2D eigenvalue weighted by molar-refractivity contribution is -0.156. The Kier molecular flexibility index (Phi) is 10.6. The molecule has 0 bridgehead atoms. The van der Waals surface area contributed by atoms with Gasteiger partial charge in [-0.3, -0.25) is 14.4 Å². The third kappa shape index (κ3) is 7.62. The zero-order chi connectivity index (χ0) is 33.7. The average molecular weight is 646 g/mol. The molecule has 3 aromatic rings. The number of esters is 1. The number of para-hydroxylation sites is 1. The van der Waals surface area contributed by atoms with Crippen LogP contribution < -0.4 is 16.0 Å². The Balaban J connectivity index is 1.74. The molecule has 1 heterocycles. The number of phenols is 1. The number of phenolic OH excluding ortho intramolecular Hbond substituents is 1. The fourth-order valence-corrected chi connectivity index (χ4v) is 5.00. The molecule has 3 amide bonds. The smallest absolute Gasteiger partial charge is 0.329 e. The van der Waals surface area contributed by atoms with Crippen molar-refractivity contribution in [1.29, 1.82) is 0 Å². The Morgan fingerprint density at radius 2 is 1.52 bits per heavy atom. The maximum absolute atomic E-state index is 14.7. The molecule has 10 nitrogen and oxygen atoms in total. The number of amides is 3. The zero-order valence-corrected chi connectivity index (χ0v) is 24.6. The van der Waals surface area contributed by atoms with E-state index in [1.807, 2.05) is 0 Å². The molecule has 4 rings (SSSR count). The number of rotatable bonds is 6. The second kappa shape index (κ2) is 14.4. The van der Waals surface area contributed by atoms with Crippen LogP contribution in [0.1, 0.15) is 35.3 Å². The lowest BCUT2D eigenvalue weighted by atomic mass is 9.91. The summed E-state index contributed by atoms with van der Waals surface area (Å²) in [4.78, 5) is 53.4. The summed E-state index contributed by atoms with van der Waals surface area (Å²) in [5.74, 6) is -13.5. The number of hydrogen-bond acceptors (Lipinski definition) is 7. The number of nitrogens with one attached hydrogen (secondary N) is 3. The van der Waals surface area contributed by atoms with E-state index >= 15 is 0 Å². The standard InChI is InChI=1S/C32H31F4N3O7/c1-15-28(41)21(14-18-13-20(33)25(35)26(36)24(18)34)37-31(44)27(39-30(43)19-10-6-7-11-23(19)40)16(2)46-32(45)22(38-29(15)42)12-17-8-4-3-5-9-17/h3-11,13,15-16,21-22,27-28,40-41H,12,14H2,1-2H3,(H,37,44)(H,38,42)(H,39,43)/t15-,16-,21+,22?,27+,28+/m1/s1. The molecule has 3 aromatic carbocycles. The van der Waals surface area contributed by atoms with Crippen molar-refractivity contribution in [3.05, 3.63) is 101 Å². The van der Waals surface area contributed by atoms with Crippen LogP contribution in [0.3, 0.4) is 0 Å². The summed E-state index contributed by atoms with van der Waals surface area (Å²) in [7, 11) is 0. The zero-order valence-electron chi connectivity index (χ0n) is 24.6. The Morgan fingerprint density at radius 1 is 0.870 bits per heavy atom. The molecule has 244 valence electrons. The molecule has 0 radical (unpaired) electrons. The molecule has 1 unspecified atom stereocenters. The normalized spacial score (nSPS) is 24.1. The molecule has 1 fully saturated rings. The Bertz CT molecular complexity index is 1620. The van der Waals surface area contributed by atoms with Crippen LogP contribution in [0.4, 0.5) is 17.6 Å². The lowest BCUT2D eigenvalue weighted by Crippen LogP contribution is -2.60. The Morgan fingerprint density at radius 3 is 2.20 bits per heavy atom. The number of halogens is 4. The summed E-state index contributed by atoms with van der Waals surface area (Å²) < 4.78 is 62.0. The first kappa shape index (κ1) is 33.9. The molecule has 46 heavy (non-hydrogen) atoms. The van der Waals surface area contributed by atoms with Gasteiger partial charge in [-0.05, 0) is 42.7 Å². The Hall–Kier alpha value is -4.98. The largest absolute Gasteiger partial charge is 0.507 e. The number of aromatic hydroxyl groups is 1. The van der Waals surface area contributed by atoms with Crippen molar-refractivity contribution in [1.82, 2.24) is 16.0 Å². The van der Waals surface area contributed by atoms with E-state index < -0.39 is 101 Å². The van der Waals surface area contributed by atoms with Gasteiger partial charge >= 0.3 is 5.97 Å². The molecule has 14 heteroatoms. The summed E-state index contributed by atoms with van der Waals surface area (Å²) in [6.45, 7) is 2.50. The molecule has 1 aliphatic rings. The molecule has 0 aromatic heterocycles. The second-order valence-electron chi connectivity index (χ2n) is 10.9. The summed E-state index contributed by atoms with van der Waals surface area (Å²) in [6.07, 6.45) is -4.20. The lowest BCUT2D eigenvalue weighted by Gasteiger charge is -2.33. The third-order valence-corrected chi connectivity index (χ3v) is 7.66. The van der Waals surface area contributed by atoms with Crippen molar-refractivity contribution >= 4 is 23.7 Å². The van der Waals surface area contributed by atoms with E-state index in [0.717, 1.165) is 0 Å². The SMILES string of the molecule is C[C@H]1OC(=O)C(Cc2ccccc2)NC(=O)[C@H](C)[C@H](O)[C@H](Cc2cc(F)c(F)c(F)c2F)NC(=O)[C@H]1NC(=O)c1ccccc1O. The van der Waals surface area contributed by atoms with Gasteiger partial charge in [0.1, 0.15) is 23.9 Å². The molecule has 0 aliphatic carbocycles. The summed E-state index contributed by atoms with van der Waals surface area (Å²) in [5.41, 5.74) is -0.385. The summed E-state index contributed by atoms with van der Waals surface area (Å²) >= 11 is 0. The molecule has 1 saturated heterocycles. The van der Waals surface area contributed by atoms with Crippen LogP contribution in [-0.4, -0.2) is 64.2 Å². The van der Waals surface area contributed by atoms with Crippen molar-refractivity contribution in [2.75, 3.05) is 0 Å². The highest BCUT2D eigenvalue weighted by Crippen LogP contribution is 2.23. The number of hydrogen-bond donors (Lipinski definition) is 5. The van der Waals surface area contributed by atoms with E-state index in [4.69, 9.17) is 4.74 Å². The van der Waals surface area contributed by atoms with Gasteiger partial charge < -0.3 is 30.9 Å². The molecule has 0 saturated carbocycles. The number of cyclic esters (lactones) is 1. The number of aliphatic hydroxyl groups excluding tert-OH is 1. The van der Waals surface area contributed by atoms with Crippen LogP contribution >= 0.6 is 0 Å². The van der Waals surface area contributed by atoms with Crippen LogP contribution in [0, 0.1) is 29.2 Å². The second-order valence-corrected chi connectivity index (χ2v) is 10.9. The maximum Gasteiger partial charge on any atom is 0.329 e.